The number of rotatable bonds is 0. The highest BCUT2D eigenvalue weighted by Gasteiger charge is 2.33. The Kier molecular flexibility index (Phi) is 3.99. The molecule has 0 heterocycles. The van der Waals surface area contributed by atoms with Crippen LogP contribution in [0, 0.1) is 3.57 Å². The van der Waals surface area contributed by atoms with Gasteiger partial charge >= 0.3 is 6.18 Å². The number of hydrogen-bond acceptors (Lipinski definition) is 0. The van der Waals surface area contributed by atoms with Gasteiger partial charge in [-0.25, -0.2) is 0 Å². The molecule has 2 aromatic carbocycles. The van der Waals surface area contributed by atoms with Crippen molar-refractivity contribution in [3.63, 3.8) is 0 Å². The third-order valence-electron chi connectivity index (χ3n) is 3.96. The summed E-state index contributed by atoms with van der Waals surface area (Å²) in [5.41, 5.74) is 2.99. The minimum absolute atomic E-state index is 0.394. The highest BCUT2D eigenvalue weighted by atomic mass is 127. The Balaban J connectivity index is 2.06. The fraction of sp³-hybridized carbons (Fsp3) is 0.294. The Bertz CT molecular complexity index is 674. The van der Waals surface area contributed by atoms with Crippen LogP contribution >= 0.6 is 22.6 Å². The second kappa shape index (κ2) is 5.63. The lowest BCUT2D eigenvalue weighted by Gasteiger charge is -2.17. The summed E-state index contributed by atoms with van der Waals surface area (Å²) in [5, 5.41) is 0. The van der Waals surface area contributed by atoms with Crippen LogP contribution in [0.25, 0.3) is 0 Å². The maximum atomic E-state index is 13.2. The van der Waals surface area contributed by atoms with Crippen LogP contribution in [0.2, 0.25) is 0 Å². The topological polar surface area (TPSA) is 0 Å². The van der Waals surface area contributed by atoms with Crippen LogP contribution in [0.4, 0.5) is 13.2 Å². The molecule has 110 valence electrons. The van der Waals surface area contributed by atoms with E-state index in [2.05, 4.69) is 34.7 Å². The molecule has 0 atom stereocenters. The van der Waals surface area contributed by atoms with Crippen molar-refractivity contribution in [2.24, 2.45) is 0 Å². The van der Waals surface area contributed by atoms with E-state index in [0.717, 1.165) is 17.5 Å². The van der Waals surface area contributed by atoms with Gasteiger partial charge in [0.2, 0.25) is 0 Å². The summed E-state index contributed by atoms with van der Waals surface area (Å²) in [7, 11) is 0. The number of aryl methyl sites for hydroxylation is 4. The van der Waals surface area contributed by atoms with E-state index in [0.29, 0.717) is 24.8 Å². The van der Waals surface area contributed by atoms with E-state index in [1.807, 2.05) is 12.1 Å². The second-order valence-electron chi connectivity index (χ2n) is 5.42. The molecule has 4 heteroatoms. The molecule has 4 aliphatic carbocycles. The van der Waals surface area contributed by atoms with E-state index in [1.165, 1.54) is 15.2 Å². The molecule has 4 aliphatic rings. The molecule has 0 saturated carbocycles. The van der Waals surface area contributed by atoms with Gasteiger partial charge in [-0.2, -0.15) is 13.2 Å². The summed E-state index contributed by atoms with van der Waals surface area (Å²) in [6, 6.07) is 11.1. The molecular weight excluding hydrogens is 388 g/mol. The highest BCUT2D eigenvalue weighted by Crippen LogP contribution is 2.34. The SMILES string of the molecule is FC(F)(F)c1cc2ccc1CCc1ccc(c(I)c1)CC2. The number of benzene rings is 2. The van der Waals surface area contributed by atoms with Crippen molar-refractivity contribution in [1.29, 1.82) is 0 Å². The van der Waals surface area contributed by atoms with Crippen molar-refractivity contribution in [1.82, 2.24) is 0 Å². The molecule has 0 unspecified atom stereocenters. The molecule has 0 saturated heterocycles. The third kappa shape index (κ3) is 3.25. The zero-order valence-electron chi connectivity index (χ0n) is 11.3. The number of alkyl halides is 3. The van der Waals surface area contributed by atoms with Crippen molar-refractivity contribution >= 4 is 22.6 Å². The van der Waals surface area contributed by atoms with Gasteiger partial charge in [-0.1, -0.05) is 24.3 Å². The highest BCUT2D eigenvalue weighted by molar-refractivity contribution is 14.1. The Hall–Kier alpha value is -1.04. The summed E-state index contributed by atoms with van der Waals surface area (Å²) >= 11 is 2.31. The van der Waals surface area contributed by atoms with Gasteiger partial charge in [-0.05, 0) is 82.7 Å². The minimum atomic E-state index is -4.27. The van der Waals surface area contributed by atoms with Crippen molar-refractivity contribution in [2.45, 2.75) is 31.9 Å². The predicted octanol–water partition coefficient (Wildman–Crippen LogP) is 5.19. The van der Waals surface area contributed by atoms with Gasteiger partial charge < -0.3 is 0 Å². The maximum absolute atomic E-state index is 13.2. The van der Waals surface area contributed by atoms with Gasteiger partial charge in [0.1, 0.15) is 0 Å². The van der Waals surface area contributed by atoms with Gasteiger partial charge in [0.15, 0.2) is 0 Å². The zero-order valence-corrected chi connectivity index (χ0v) is 13.5. The van der Waals surface area contributed by atoms with E-state index in [9.17, 15) is 13.2 Å². The first-order valence-corrected chi connectivity index (χ1v) is 7.97. The van der Waals surface area contributed by atoms with Gasteiger partial charge in [0.05, 0.1) is 5.56 Å². The molecule has 4 bridgehead atoms. The van der Waals surface area contributed by atoms with Crippen LogP contribution < -0.4 is 0 Å². The minimum Gasteiger partial charge on any atom is -0.166 e. The van der Waals surface area contributed by atoms with Crippen molar-refractivity contribution in [3.8, 4) is 0 Å². The fourth-order valence-corrected chi connectivity index (χ4v) is 3.62. The summed E-state index contributed by atoms with van der Waals surface area (Å²) in [5.74, 6) is 0. The summed E-state index contributed by atoms with van der Waals surface area (Å²) in [6.45, 7) is 0. The average molecular weight is 402 g/mol. The number of halogens is 4. The quantitative estimate of drug-likeness (QED) is 0.532. The lowest BCUT2D eigenvalue weighted by atomic mass is 9.93. The molecule has 0 aromatic heterocycles. The monoisotopic (exact) mass is 402 g/mol. The van der Waals surface area contributed by atoms with Crippen LogP contribution in [0.15, 0.2) is 36.4 Å². The third-order valence-corrected chi connectivity index (χ3v) is 4.97. The summed E-state index contributed by atoms with van der Waals surface area (Å²) in [6.07, 6.45) is -1.80. The summed E-state index contributed by atoms with van der Waals surface area (Å²) < 4.78 is 40.8. The average Bonchev–Trinajstić information content (AvgIpc) is 2.41. The molecule has 21 heavy (non-hydrogen) atoms. The van der Waals surface area contributed by atoms with E-state index in [4.69, 9.17) is 0 Å². The van der Waals surface area contributed by atoms with Crippen molar-refractivity contribution in [2.75, 3.05) is 0 Å². The smallest absolute Gasteiger partial charge is 0.166 e. The van der Waals surface area contributed by atoms with Crippen LogP contribution in [-0.4, -0.2) is 0 Å². The molecule has 0 spiro atoms. The van der Waals surface area contributed by atoms with Crippen LogP contribution in [0.1, 0.15) is 27.8 Å². The largest absolute Gasteiger partial charge is 0.416 e. The first-order chi connectivity index (χ1) is 9.93. The zero-order chi connectivity index (χ0) is 15.0. The van der Waals surface area contributed by atoms with Crippen LogP contribution in [0.5, 0.6) is 0 Å². The van der Waals surface area contributed by atoms with Crippen LogP contribution in [-0.2, 0) is 31.9 Å². The van der Waals surface area contributed by atoms with Crippen molar-refractivity contribution < 1.29 is 13.2 Å². The van der Waals surface area contributed by atoms with E-state index in [1.54, 1.807) is 6.07 Å². The van der Waals surface area contributed by atoms with E-state index < -0.39 is 11.7 Å². The second-order valence-corrected chi connectivity index (χ2v) is 6.58. The summed E-state index contributed by atoms with van der Waals surface area (Å²) in [4.78, 5) is 0. The predicted molar refractivity (Wildman–Crippen MR) is 85.4 cm³/mol. The maximum Gasteiger partial charge on any atom is 0.416 e. The lowest BCUT2D eigenvalue weighted by Crippen LogP contribution is -2.11. The number of hydrogen-bond donors (Lipinski definition) is 0. The van der Waals surface area contributed by atoms with E-state index in [-0.39, 0.29) is 0 Å². The first kappa shape index (κ1) is 14.9. The Morgan fingerprint density at radius 3 is 1.95 bits per heavy atom. The van der Waals surface area contributed by atoms with Crippen LogP contribution in [0.3, 0.4) is 0 Å². The molecule has 0 nitrogen and oxygen atoms in total. The lowest BCUT2D eigenvalue weighted by molar-refractivity contribution is -0.138. The molecule has 0 fully saturated rings. The Morgan fingerprint density at radius 1 is 0.762 bits per heavy atom. The van der Waals surface area contributed by atoms with E-state index >= 15 is 0 Å². The normalized spacial score (nSPS) is 14.9. The first-order valence-electron chi connectivity index (χ1n) is 6.90. The Labute approximate surface area is 135 Å². The Morgan fingerprint density at radius 2 is 1.33 bits per heavy atom. The molecule has 0 N–H and O–H groups in total. The molecular formula is C17H14F3I. The molecule has 6 rings (SSSR count). The fourth-order valence-electron chi connectivity index (χ4n) is 2.77. The van der Waals surface area contributed by atoms with Gasteiger partial charge in [0, 0.05) is 3.57 Å². The van der Waals surface area contributed by atoms with Gasteiger partial charge in [-0.3, -0.25) is 0 Å². The molecule has 0 amide bonds. The molecule has 0 aliphatic heterocycles. The molecule has 0 radical (unpaired) electrons. The molecule has 2 aromatic rings. The van der Waals surface area contributed by atoms with Gasteiger partial charge in [-0.15, -0.1) is 0 Å². The van der Waals surface area contributed by atoms with Crippen molar-refractivity contribution in [3.05, 3.63) is 67.8 Å². The standard InChI is InChI=1S/C17H14F3I/c18-17(19,20)15-9-11-1-5-13(15)6-2-12-4-8-14(7-3-11)16(21)10-12/h1,4-5,8-10H,2-3,6-7H2. The van der Waals surface area contributed by atoms with Gasteiger partial charge in [0.25, 0.3) is 0 Å².